The molecule has 0 aliphatic heterocycles. The third-order valence-electron chi connectivity index (χ3n) is 5.02. The van der Waals surface area contributed by atoms with Crippen molar-refractivity contribution in [3.63, 3.8) is 0 Å². The van der Waals surface area contributed by atoms with E-state index in [9.17, 15) is 0 Å². The number of alkyl halides is 1. The van der Waals surface area contributed by atoms with Crippen molar-refractivity contribution < 1.29 is 0 Å². The lowest BCUT2D eigenvalue weighted by Gasteiger charge is -2.33. The predicted molar refractivity (Wildman–Crippen MR) is 81.9 cm³/mol. The maximum Gasteiger partial charge on any atom is 0.0254 e. The van der Waals surface area contributed by atoms with Crippen molar-refractivity contribution in [3.05, 3.63) is 35.4 Å². The summed E-state index contributed by atoms with van der Waals surface area (Å²) in [5.74, 6) is 3.14. The third kappa shape index (κ3) is 2.98. The molecule has 0 heterocycles. The first-order valence-electron chi connectivity index (χ1n) is 7.73. The van der Waals surface area contributed by atoms with Gasteiger partial charge in [-0.1, -0.05) is 37.1 Å². The second-order valence-electron chi connectivity index (χ2n) is 6.22. The van der Waals surface area contributed by atoms with Crippen LogP contribution < -0.4 is 5.32 Å². The van der Waals surface area contributed by atoms with Crippen molar-refractivity contribution in [2.75, 3.05) is 19.0 Å². The van der Waals surface area contributed by atoms with Crippen molar-refractivity contribution in [1.82, 2.24) is 5.32 Å². The number of rotatable bonds is 5. The van der Waals surface area contributed by atoms with Crippen LogP contribution in [0.3, 0.4) is 0 Å². The van der Waals surface area contributed by atoms with Gasteiger partial charge in [-0.3, -0.25) is 0 Å². The molecule has 3 unspecified atom stereocenters. The predicted octanol–water partition coefficient (Wildman–Crippen LogP) is 3.96. The Balaban J connectivity index is 1.44. The highest BCUT2D eigenvalue weighted by Crippen LogP contribution is 2.34. The Hall–Kier alpha value is -0.530. The lowest BCUT2D eigenvalue weighted by atomic mass is 9.77. The number of benzene rings is 1. The van der Waals surface area contributed by atoms with E-state index in [1.165, 1.54) is 32.1 Å². The summed E-state index contributed by atoms with van der Waals surface area (Å²) in [6.07, 6.45) is 6.73. The second-order valence-corrected chi connectivity index (χ2v) is 6.53. The minimum absolute atomic E-state index is 0.745. The Morgan fingerprint density at radius 3 is 2.63 bits per heavy atom. The Bertz CT molecular complexity index is 417. The van der Waals surface area contributed by atoms with Crippen LogP contribution in [0, 0.1) is 11.8 Å². The quantitative estimate of drug-likeness (QED) is 0.804. The molecule has 1 aromatic carbocycles. The maximum absolute atomic E-state index is 6.09. The zero-order chi connectivity index (χ0) is 13.1. The Morgan fingerprint density at radius 2 is 1.84 bits per heavy atom. The number of nitrogens with one attached hydrogen (secondary N) is 1. The van der Waals surface area contributed by atoms with E-state index in [0.29, 0.717) is 0 Å². The molecule has 0 spiro atoms. The summed E-state index contributed by atoms with van der Waals surface area (Å²) >= 11 is 6.09. The van der Waals surface area contributed by atoms with Crippen molar-refractivity contribution in [2.24, 2.45) is 11.8 Å². The number of halogens is 1. The zero-order valence-corrected chi connectivity index (χ0v) is 12.3. The molecule has 2 aliphatic carbocycles. The van der Waals surface area contributed by atoms with Crippen LogP contribution in [0.15, 0.2) is 24.3 Å². The monoisotopic (exact) mass is 277 g/mol. The van der Waals surface area contributed by atoms with Crippen LogP contribution >= 0.6 is 11.6 Å². The standard InChI is InChI=1S/C17H24ClN/c18-10-14-6-1-2-7-15(14)11-19-12-16-9-13-5-3-4-8-17(13)16/h3-5,8,14-16,19H,1-2,6-7,9-12H2. The molecule has 0 radical (unpaired) electrons. The summed E-state index contributed by atoms with van der Waals surface area (Å²) in [6.45, 7) is 2.30. The molecule has 2 aliphatic rings. The van der Waals surface area contributed by atoms with E-state index in [1.807, 2.05) is 0 Å². The summed E-state index contributed by atoms with van der Waals surface area (Å²) < 4.78 is 0. The molecule has 2 heteroatoms. The topological polar surface area (TPSA) is 12.0 Å². The van der Waals surface area contributed by atoms with Gasteiger partial charge >= 0.3 is 0 Å². The van der Waals surface area contributed by atoms with Crippen LogP contribution in [0.4, 0.5) is 0 Å². The number of hydrogen-bond donors (Lipinski definition) is 1. The van der Waals surface area contributed by atoms with E-state index in [1.54, 1.807) is 11.1 Å². The smallest absolute Gasteiger partial charge is 0.0254 e. The summed E-state index contributed by atoms with van der Waals surface area (Å²) in [6, 6.07) is 8.86. The van der Waals surface area contributed by atoms with Gasteiger partial charge in [0.2, 0.25) is 0 Å². The zero-order valence-electron chi connectivity index (χ0n) is 11.6. The molecule has 0 amide bonds. The Labute approximate surface area is 121 Å². The van der Waals surface area contributed by atoms with Crippen LogP contribution in [0.2, 0.25) is 0 Å². The highest BCUT2D eigenvalue weighted by Gasteiger charge is 2.27. The molecular formula is C17H24ClN. The first-order valence-corrected chi connectivity index (χ1v) is 8.26. The first-order chi connectivity index (χ1) is 9.38. The largest absolute Gasteiger partial charge is 0.316 e. The van der Waals surface area contributed by atoms with Gasteiger partial charge in [0.1, 0.15) is 0 Å². The van der Waals surface area contributed by atoms with Crippen molar-refractivity contribution in [3.8, 4) is 0 Å². The first kappa shape index (κ1) is 13.5. The van der Waals surface area contributed by atoms with Gasteiger partial charge in [0, 0.05) is 18.3 Å². The molecule has 19 heavy (non-hydrogen) atoms. The van der Waals surface area contributed by atoms with Gasteiger partial charge in [0.25, 0.3) is 0 Å². The molecule has 3 rings (SSSR count). The van der Waals surface area contributed by atoms with Crippen LogP contribution in [0.1, 0.15) is 42.7 Å². The van der Waals surface area contributed by atoms with Gasteiger partial charge in [-0.15, -0.1) is 11.6 Å². The van der Waals surface area contributed by atoms with Crippen molar-refractivity contribution in [2.45, 2.75) is 38.0 Å². The van der Waals surface area contributed by atoms with Crippen molar-refractivity contribution in [1.29, 1.82) is 0 Å². The van der Waals surface area contributed by atoms with Crippen LogP contribution in [-0.4, -0.2) is 19.0 Å². The van der Waals surface area contributed by atoms with E-state index in [0.717, 1.165) is 36.7 Å². The fourth-order valence-corrected chi connectivity index (χ4v) is 4.15. The SMILES string of the molecule is ClCC1CCCCC1CNCC1Cc2ccccc21. The van der Waals surface area contributed by atoms with E-state index in [-0.39, 0.29) is 0 Å². The van der Waals surface area contributed by atoms with E-state index >= 15 is 0 Å². The van der Waals surface area contributed by atoms with Gasteiger partial charge < -0.3 is 5.32 Å². The molecule has 104 valence electrons. The van der Waals surface area contributed by atoms with E-state index in [4.69, 9.17) is 11.6 Å². The van der Waals surface area contributed by atoms with Gasteiger partial charge in [-0.25, -0.2) is 0 Å². The lowest BCUT2D eigenvalue weighted by Crippen LogP contribution is -2.35. The molecule has 1 aromatic rings. The molecule has 1 fully saturated rings. The average molecular weight is 278 g/mol. The minimum Gasteiger partial charge on any atom is -0.316 e. The highest BCUT2D eigenvalue weighted by atomic mass is 35.5. The molecule has 1 nitrogen and oxygen atoms in total. The van der Waals surface area contributed by atoms with Gasteiger partial charge in [-0.2, -0.15) is 0 Å². The van der Waals surface area contributed by atoms with Crippen LogP contribution in [0.25, 0.3) is 0 Å². The van der Waals surface area contributed by atoms with E-state index < -0.39 is 0 Å². The molecule has 3 atom stereocenters. The fourth-order valence-electron chi connectivity index (χ4n) is 3.74. The minimum atomic E-state index is 0.745. The summed E-state index contributed by atoms with van der Waals surface area (Å²) in [5, 5.41) is 3.70. The van der Waals surface area contributed by atoms with Crippen LogP contribution in [-0.2, 0) is 6.42 Å². The second kappa shape index (κ2) is 6.28. The number of hydrogen-bond acceptors (Lipinski definition) is 1. The molecule has 0 aromatic heterocycles. The fraction of sp³-hybridized carbons (Fsp3) is 0.647. The summed E-state index contributed by atoms with van der Waals surface area (Å²) in [5.41, 5.74) is 3.11. The molecule has 0 saturated heterocycles. The molecule has 1 saturated carbocycles. The lowest BCUT2D eigenvalue weighted by molar-refractivity contribution is 0.249. The number of fused-ring (bicyclic) bond motifs is 1. The molecule has 1 N–H and O–H groups in total. The third-order valence-corrected chi connectivity index (χ3v) is 5.42. The van der Waals surface area contributed by atoms with Gasteiger partial charge in [0.15, 0.2) is 0 Å². The highest BCUT2D eigenvalue weighted by molar-refractivity contribution is 6.18. The van der Waals surface area contributed by atoms with Crippen LogP contribution in [0.5, 0.6) is 0 Å². The summed E-state index contributed by atoms with van der Waals surface area (Å²) in [7, 11) is 0. The maximum atomic E-state index is 6.09. The Morgan fingerprint density at radius 1 is 1.05 bits per heavy atom. The van der Waals surface area contributed by atoms with Gasteiger partial charge in [-0.05, 0) is 48.8 Å². The average Bonchev–Trinajstić information content (AvgIpc) is 2.44. The summed E-state index contributed by atoms with van der Waals surface area (Å²) in [4.78, 5) is 0. The molecule has 0 bridgehead atoms. The Kier molecular flexibility index (Phi) is 4.45. The van der Waals surface area contributed by atoms with Gasteiger partial charge in [0.05, 0.1) is 0 Å². The molecular weight excluding hydrogens is 254 g/mol. The van der Waals surface area contributed by atoms with Crippen molar-refractivity contribution >= 4 is 11.6 Å². The normalized spacial score (nSPS) is 29.6. The van der Waals surface area contributed by atoms with E-state index in [2.05, 4.69) is 29.6 Å².